The van der Waals surface area contributed by atoms with Gasteiger partial charge in [-0.05, 0) is 47.8 Å². The summed E-state index contributed by atoms with van der Waals surface area (Å²) in [6.45, 7) is 0. The summed E-state index contributed by atoms with van der Waals surface area (Å²) < 4.78 is 7.03. The Morgan fingerprint density at radius 2 is 1.90 bits per heavy atom. The van der Waals surface area contributed by atoms with Crippen LogP contribution in [0, 0.1) is 0 Å². The molecule has 1 amide bonds. The van der Waals surface area contributed by atoms with Crippen molar-refractivity contribution in [1.82, 2.24) is 19.8 Å². The molecule has 0 saturated carbocycles. The van der Waals surface area contributed by atoms with E-state index >= 15 is 0 Å². The van der Waals surface area contributed by atoms with Crippen LogP contribution >= 0.6 is 11.3 Å². The molecular formula is C23H17N5O2S. The smallest absolute Gasteiger partial charge is 0.259 e. The molecule has 5 rings (SSSR count). The quantitative estimate of drug-likeness (QED) is 0.437. The molecule has 2 aromatic carbocycles. The van der Waals surface area contributed by atoms with Gasteiger partial charge in [0.05, 0.1) is 23.2 Å². The van der Waals surface area contributed by atoms with Crippen molar-refractivity contribution < 1.29 is 9.53 Å². The van der Waals surface area contributed by atoms with Crippen LogP contribution in [-0.2, 0) is 0 Å². The number of nitrogens with one attached hydrogen (secondary N) is 1. The van der Waals surface area contributed by atoms with Gasteiger partial charge in [-0.2, -0.15) is 9.61 Å². The van der Waals surface area contributed by atoms with Gasteiger partial charge in [0.1, 0.15) is 5.75 Å². The maximum atomic E-state index is 12.7. The van der Waals surface area contributed by atoms with Gasteiger partial charge in [0.25, 0.3) is 5.91 Å². The summed E-state index contributed by atoms with van der Waals surface area (Å²) in [6.07, 6.45) is 0. The summed E-state index contributed by atoms with van der Waals surface area (Å²) in [7, 11) is 1.55. The van der Waals surface area contributed by atoms with Crippen molar-refractivity contribution >= 4 is 28.6 Å². The first-order chi connectivity index (χ1) is 15.2. The first-order valence-electron chi connectivity index (χ1n) is 9.54. The number of carbonyl (C=O) groups excluding carboxylic acids is 1. The van der Waals surface area contributed by atoms with Gasteiger partial charge in [-0.15, -0.1) is 21.5 Å². The fourth-order valence-electron chi connectivity index (χ4n) is 3.29. The second kappa shape index (κ2) is 8.00. The van der Waals surface area contributed by atoms with E-state index in [2.05, 4.69) is 15.5 Å². The number of hydrogen-bond donors (Lipinski definition) is 1. The molecule has 0 saturated heterocycles. The molecule has 0 atom stereocenters. The first-order valence-corrected chi connectivity index (χ1v) is 10.4. The van der Waals surface area contributed by atoms with E-state index in [0.29, 0.717) is 28.5 Å². The second-order valence-electron chi connectivity index (χ2n) is 6.72. The largest absolute Gasteiger partial charge is 0.496 e. The van der Waals surface area contributed by atoms with Gasteiger partial charge in [0.15, 0.2) is 11.5 Å². The van der Waals surface area contributed by atoms with Gasteiger partial charge in [-0.3, -0.25) is 4.79 Å². The monoisotopic (exact) mass is 427 g/mol. The molecule has 7 nitrogen and oxygen atoms in total. The van der Waals surface area contributed by atoms with Crippen LogP contribution in [0.4, 0.5) is 5.69 Å². The van der Waals surface area contributed by atoms with Crippen molar-refractivity contribution in [3.05, 3.63) is 83.7 Å². The molecule has 31 heavy (non-hydrogen) atoms. The van der Waals surface area contributed by atoms with Gasteiger partial charge in [-0.25, -0.2) is 0 Å². The van der Waals surface area contributed by atoms with Crippen LogP contribution < -0.4 is 10.1 Å². The second-order valence-corrected chi connectivity index (χ2v) is 7.67. The van der Waals surface area contributed by atoms with E-state index < -0.39 is 0 Å². The van der Waals surface area contributed by atoms with Crippen LogP contribution in [0.2, 0.25) is 0 Å². The third-order valence-corrected chi connectivity index (χ3v) is 5.64. The molecule has 8 heteroatoms. The number of hydrogen-bond acceptors (Lipinski definition) is 6. The van der Waals surface area contributed by atoms with Gasteiger partial charge >= 0.3 is 0 Å². The number of carbonyl (C=O) groups is 1. The number of nitrogens with zero attached hydrogens (tertiary/aromatic N) is 4. The normalized spacial score (nSPS) is 10.9. The van der Waals surface area contributed by atoms with E-state index in [4.69, 9.17) is 9.84 Å². The number of methoxy groups -OCH3 is 1. The zero-order valence-electron chi connectivity index (χ0n) is 16.5. The average molecular weight is 427 g/mol. The number of anilines is 1. The van der Waals surface area contributed by atoms with Crippen LogP contribution in [0.5, 0.6) is 5.75 Å². The minimum atomic E-state index is -0.239. The standard InChI is InChI=1S/C23H17N5O2S/c1-30-19-9-3-2-8-17(19)23(29)24-16-7-4-6-15(14-16)18-11-12-21-25-26-22(28(21)27-18)20-10-5-13-31-20/h2-14H,1H3,(H,24,29). The van der Waals surface area contributed by atoms with Crippen molar-refractivity contribution in [2.45, 2.75) is 0 Å². The lowest BCUT2D eigenvalue weighted by Gasteiger charge is -2.10. The first kappa shape index (κ1) is 19.0. The van der Waals surface area contributed by atoms with Crippen LogP contribution in [0.1, 0.15) is 10.4 Å². The fraction of sp³-hybridized carbons (Fsp3) is 0.0435. The molecule has 5 aromatic rings. The molecule has 0 aliphatic heterocycles. The molecule has 0 aliphatic carbocycles. The predicted octanol–water partition coefficient (Wildman–Crippen LogP) is 4.78. The van der Waals surface area contributed by atoms with E-state index in [1.807, 2.05) is 60.0 Å². The highest BCUT2D eigenvalue weighted by Crippen LogP contribution is 2.26. The number of para-hydroxylation sites is 1. The van der Waals surface area contributed by atoms with Crippen LogP contribution in [0.25, 0.3) is 27.6 Å². The summed E-state index contributed by atoms with van der Waals surface area (Å²) in [6, 6.07) is 22.4. The summed E-state index contributed by atoms with van der Waals surface area (Å²) in [5, 5.41) is 18.1. The molecule has 0 fully saturated rings. The van der Waals surface area contributed by atoms with Gasteiger partial charge in [0, 0.05) is 11.3 Å². The summed E-state index contributed by atoms with van der Waals surface area (Å²) in [5.41, 5.74) is 3.43. The molecule has 0 spiro atoms. The van der Waals surface area contributed by atoms with Crippen molar-refractivity contribution in [2.75, 3.05) is 12.4 Å². The van der Waals surface area contributed by atoms with Crippen LogP contribution in [0.3, 0.4) is 0 Å². The van der Waals surface area contributed by atoms with E-state index in [9.17, 15) is 4.79 Å². The van der Waals surface area contributed by atoms with Crippen molar-refractivity contribution in [1.29, 1.82) is 0 Å². The number of aromatic nitrogens is 4. The summed E-state index contributed by atoms with van der Waals surface area (Å²) in [4.78, 5) is 13.7. The molecular weight excluding hydrogens is 410 g/mol. The molecule has 0 aliphatic rings. The highest BCUT2D eigenvalue weighted by atomic mass is 32.1. The van der Waals surface area contributed by atoms with Crippen molar-refractivity contribution in [3.8, 4) is 27.7 Å². The van der Waals surface area contributed by atoms with Crippen LogP contribution in [0.15, 0.2) is 78.2 Å². The number of ether oxygens (including phenoxy) is 1. The Labute approximate surface area is 182 Å². The molecule has 0 bridgehead atoms. The minimum Gasteiger partial charge on any atom is -0.496 e. The molecule has 1 N–H and O–H groups in total. The molecule has 152 valence electrons. The Morgan fingerprint density at radius 3 is 2.74 bits per heavy atom. The lowest BCUT2D eigenvalue weighted by molar-refractivity contribution is 0.102. The van der Waals surface area contributed by atoms with Crippen molar-refractivity contribution in [2.24, 2.45) is 0 Å². The lowest BCUT2D eigenvalue weighted by atomic mass is 10.1. The van der Waals surface area contributed by atoms with E-state index in [1.165, 1.54) is 0 Å². The zero-order valence-corrected chi connectivity index (χ0v) is 17.3. The lowest BCUT2D eigenvalue weighted by Crippen LogP contribution is -2.13. The maximum absolute atomic E-state index is 12.7. The molecule has 0 radical (unpaired) electrons. The third-order valence-electron chi connectivity index (χ3n) is 4.77. The van der Waals surface area contributed by atoms with Gasteiger partial charge < -0.3 is 10.1 Å². The molecule has 3 aromatic heterocycles. The summed E-state index contributed by atoms with van der Waals surface area (Å²) >= 11 is 1.59. The highest BCUT2D eigenvalue weighted by molar-refractivity contribution is 7.13. The Kier molecular flexibility index (Phi) is 4.89. The maximum Gasteiger partial charge on any atom is 0.259 e. The number of benzene rings is 2. The average Bonchev–Trinajstić information content (AvgIpc) is 3.48. The van der Waals surface area contributed by atoms with Crippen molar-refractivity contribution in [3.63, 3.8) is 0 Å². The van der Waals surface area contributed by atoms with E-state index in [1.54, 1.807) is 41.2 Å². The highest BCUT2D eigenvalue weighted by Gasteiger charge is 2.14. The number of rotatable bonds is 5. The topological polar surface area (TPSA) is 81.4 Å². The Morgan fingerprint density at radius 1 is 1.00 bits per heavy atom. The molecule has 3 heterocycles. The molecule has 0 unspecified atom stereocenters. The predicted molar refractivity (Wildman–Crippen MR) is 120 cm³/mol. The van der Waals surface area contributed by atoms with Gasteiger partial charge in [0.2, 0.25) is 0 Å². The van der Waals surface area contributed by atoms with E-state index in [0.717, 1.165) is 16.1 Å². The Hall–Kier alpha value is -4.04. The SMILES string of the molecule is COc1ccccc1C(=O)Nc1cccc(-c2ccc3nnc(-c4cccs4)n3n2)c1. The summed E-state index contributed by atoms with van der Waals surface area (Å²) in [5.74, 6) is 0.987. The van der Waals surface area contributed by atoms with E-state index in [-0.39, 0.29) is 5.91 Å². The number of thiophene rings is 1. The van der Waals surface area contributed by atoms with Crippen LogP contribution in [-0.4, -0.2) is 32.8 Å². The Bertz CT molecular complexity index is 1380. The number of fused-ring (bicyclic) bond motifs is 1. The minimum absolute atomic E-state index is 0.239. The third kappa shape index (κ3) is 3.64. The van der Waals surface area contributed by atoms with Gasteiger partial charge in [-0.1, -0.05) is 30.3 Å². The number of amides is 1. The fourth-order valence-corrected chi connectivity index (χ4v) is 3.98. The zero-order chi connectivity index (χ0) is 21.2. The Balaban J connectivity index is 1.47.